The van der Waals surface area contributed by atoms with Gasteiger partial charge in [0.25, 0.3) is 10.0 Å². The summed E-state index contributed by atoms with van der Waals surface area (Å²) in [6.45, 7) is 1.72. The van der Waals surface area contributed by atoms with Crippen molar-refractivity contribution in [3.05, 3.63) is 45.1 Å². The highest BCUT2D eigenvalue weighted by Crippen LogP contribution is 2.29. The molecule has 0 spiro atoms. The van der Waals surface area contributed by atoms with E-state index in [1.807, 2.05) is 0 Å². The number of thiophene rings is 1. The van der Waals surface area contributed by atoms with E-state index in [0.717, 1.165) is 17.4 Å². The second-order valence-electron chi connectivity index (χ2n) is 3.99. The Morgan fingerprint density at radius 3 is 2.65 bits per heavy atom. The number of aromatic carboxylic acids is 1. The van der Waals surface area contributed by atoms with Crippen LogP contribution in [0.3, 0.4) is 0 Å². The molecule has 8 heteroatoms. The molecule has 0 amide bonds. The average Bonchev–Trinajstić information content (AvgIpc) is 2.84. The largest absolute Gasteiger partial charge is 0.477 e. The van der Waals surface area contributed by atoms with Crippen LogP contribution in [0.4, 0.5) is 5.69 Å². The van der Waals surface area contributed by atoms with Crippen molar-refractivity contribution >= 4 is 44.6 Å². The zero-order valence-corrected chi connectivity index (χ0v) is 12.6. The molecule has 0 atom stereocenters. The lowest BCUT2D eigenvalue weighted by Crippen LogP contribution is -2.13. The lowest BCUT2D eigenvalue weighted by atomic mass is 10.2. The third-order valence-electron chi connectivity index (χ3n) is 2.55. The standard InChI is InChI=1S/C12H10ClNO4S2/c1-7-3-2-4-9(13)11(7)14-20(17,18)8-5-10(12(15)16)19-6-8/h2-6,14H,1H3,(H,15,16). The van der Waals surface area contributed by atoms with Crippen molar-refractivity contribution in [2.45, 2.75) is 11.8 Å². The van der Waals surface area contributed by atoms with Crippen LogP contribution in [-0.2, 0) is 10.0 Å². The summed E-state index contributed by atoms with van der Waals surface area (Å²) in [5, 5.41) is 10.4. The number of anilines is 1. The second kappa shape index (κ2) is 5.43. The van der Waals surface area contributed by atoms with Gasteiger partial charge in [0.1, 0.15) is 4.88 Å². The van der Waals surface area contributed by atoms with Gasteiger partial charge in [0.2, 0.25) is 0 Å². The van der Waals surface area contributed by atoms with E-state index in [9.17, 15) is 13.2 Å². The van der Waals surface area contributed by atoms with Crippen LogP contribution in [0.5, 0.6) is 0 Å². The van der Waals surface area contributed by atoms with E-state index in [-0.39, 0.29) is 20.5 Å². The molecule has 1 heterocycles. The molecule has 0 bridgehead atoms. The molecule has 2 N–H and O–H groups in total. The van der Waals surface area contributed by atoms with Crippen LogP contribution in [0.25, 0.3) is 0 Å². The normalized spacial score (nSPS) is 11.3. The van der Waals surface area contributed by atoms with Gasteiger partial charge in [-0.15, -0.1) is 11.3 Å². The number of nitrogens with one attached hydrogen (secondary N) is 1. The van der Waals surface area contributed by atoms with Crippen molar-refractivity contribution in [2.75, 3.05) is 4.72 Å². The van der Waals surface area contributed by atoms with Crippen LogP contribution in [0.1, 0.15) is 15.2 Å². The van der Waals surface area contributed by atoms with Crippen LogP contribution >= 0.6 is 22.9 Å². The summed E-state index contributed by atoms with van der Waals surface area (Å²) < 4.78 is 26.7. The number of carboxylic acids is 1. The fourth-order valence-electron chi connectivity index (χ4n) is 1.53. The smallest absolute Gasteiger partial charge is 0.345 e. The second-order valence-corrected chi connectivity index (χ2v) is 6.99. The average molecular weight is 332 g/mol. The topological polar surface area (TPSA) is 83.5 Å². The number of rotatable bonds is 4. The molecule has 0 aliphatic carbocycles. The van der Waals surface area contributed by atoms with Gasteiger partial charge in [-0.1, -0.05) is 23.7 Å². The first-order chi connectivity index (χ1) is 9.31. The van der Waals surface area contributed by atoms with Gasteiger partial charge in [0.05, 0.1) is 15.6 Å². The molecule has 0 aliphatic heterocycles. The third kappa shape index (κ3) is 2.95. The summed E-state index contributed by atoms with van der Waals surface area (Å²) in [4.78, 5) is 10.6. The van der Waals surface area contributed by atoms with Crippen molar-refractivity contribution in [1.29, 1.82) is 0 Å². The van der Waals surface area contributed by atoms with E-state index < -0.39 is 16.0 Å². The molecule has 2 rings (SSSR count). The Balaban J connectivity index is 2.38. The first-order valence-electron chi connectivity index (χ1n) is 5.41. The van der Waals surface area contributed by atoms with E-state index in [1.165, 1.54) is 5.38 Å². The molecule has 0 fully saturated rings. The number of para-hydroxylation sites is 1. The number of carboxylic acid groups (broad SMARTS) is 1. The van der Waals surface area contributed by atoms with E-state index in [2.05, 4.69) is 4.72 Å². The number of sulfonamides is 1. The maximum atomic E-state index is 12.2. The van der Waals surface area contributed by atoms with E-state index in [1.54, 1.807) is 25.1 Å². The lowest BCUT2D eigenvalue weighted by Gasteiger charge is -2.10. The Kier molecular flexibility index (Phi) is 4.03. The Bertz CT molecular complexity index is 747. The number of hydrogen-bond acceptors (Lipinski definition) is 4. The molecule has 0 radical (unpaired) electrons. The molecule has 0 saturated heterocycles. The van der Waals surface area contributed by atoms with Crippen LogP contribution < -0.4 is 4.72 Å². The Labute approximate surface area is 124 Å². The van der Waals surface area contributed by atoms with E-state index in [0.29, 0.717) is 5.56 Å². The molecule has 20 heavy (non-hydrogen) atoms. The zero-order chi connectivity index (χ0) is 14.9. The first kappa shape index (κ1) is 14.8. The summed E-state index contributed by atoms with van der Waals surface area (Å²) in [5.74, 6) is -1.16. The first-order valence-corrected chi connectivity index (χ1v) is 8.15. The van der Waals surface area contributed by atoms with Gasteiger partial charge in [-0.05, 0) is 24.6 Å². The molecule has 0 saturated carbocycles. The minimum atomic E-state index is -3.86. The van der Waals surface area contributed by atoms with Gasteiger partial charge in [-0.25, -0.2) is 13.2 Å². The van der Waals surface area contributed by atoms with Crippen LogP contribution in [0.2, 0.25) is 5.02 Å². The molecule has 5 nitrogen and oxygen atoms in total. The van der Waals surface area contributed by atoms with Crippen molar-refractivity contribution in [2.24, 2.45) is 0 Å². The number of benzene rings is 1. The fourth-order valence-corrected chi connectivity index (χ4v) is 4.11. The van der Waals surface area contributed by atoms with Gasteiger partial charge < -0.3 is 5.11 Å². The molecule has 1 aromatic heterocycles. The van der Waals surface area contributed by atoms with E-state index >= 15 is 0 Å². The predicted octanol–water partition coefficient (Wildman–Crippen LogP) is 3.21. The maximum Gasteiger partial charge on any atom is 0.345 e. The number of aryl methyl sites for hydroxylation is 1. The Morgan fingerprint density at radius 2 is 2.10 bits per heavy atom. The minimum absolute atomic E-state index is 0.0405. The lowest BCUT2D eigenvalue weighted by molar-refractivity contribution is 0.0702. The molecule has 1 aromatic carbocycles. The summed E-state index contributed by atoms with van der Waals surface area (Å²) >= 11 is 6.81. The SMILES string of the molecule is Cc1cccc(Cl)c1NS(=O)(=O)c1csc(C(=O)O)c1. The number of hydrogen-bond donors (Lipinski definition) is 2. The summed E-state index contributed by atoms with van der Waals surface area (Å²) in [5.41, 5.74) is 0.965. The maximum absolute atomic E-state index is 12.2. The van der Waals surface area contributed by atoms with Gasteiger partial charge in [-0.2, -0.15) is 0 Å². The van der Waals surface area contributed by atoms with Gasteiger partial charge in [0.15, 0.2) is 0 Å². The molecule has 0 unspecified atom stereocenters. The zero-order valence-electron chi connectivity index (χ0n) is 10.3. The summed E-state index contributed by atoms with van der Waals surface area (Å²) in [7, 11) is -3.86. The van der Waals surface area contributed by atoms with E-state index in [4.69, 9.17) is 16.7 Å². The Hall–Kier alpha value is -1.57. The van der Waals surface area contributed by atoms with Gasteiger partial charge in [0, 0.05) is 5.38 Å². The van der Waals surface area contributed by atoms with Gasteiger partial charge in [-0.3, -0.25) is 4.72 Å². The number of halogens is 1. The highest BCUT2D eigenvalue weighted by Gasteiger charge is 2.20. The number of carbonyl (C=O) groups is 1. The summed E-state index contributed by atoms with van der Waals surface area (Å²) in [6, 6.07) is 6.12. The highest BCUT2D eigenvalue weighted by molar-refractivity contribution is 7.92. The molecular weight excluding hydrogens is 322 g/mol. The fraction of sp³-hybridized carbons (Fsp3) is 0.0833. The molecule has 2 aromatic rings. The molecule has 106 valence electrons. The van der Waals surface area contributed by atoms with Crippen molar-refractivity contribution in [1.82, 2.24) is 0 Å². The van der Waals surface area contributed by atoms with Crippen molar-refractivity contribution in [3.63, 3.8) is 0 Å². The predicted molar refractivity (Wildman–Crippen MR) is 78.3 cm³/mol. The van der Waals surface area contributed by atoms with Gasteiger partial charge >= 0.3 is 5.97 Å². The quantitative estimate of drug-likeness (QED) is 0.901. The van der Waals surface area contributed by atoms with Crippen LogP contribution in [0, 0.1) is 6.92 Å². The Morgan fingerprint density at radius 1 is 1.40 bits per heavy atom. The minimum Gasteiger partial charge on any atom is -0.477 e. The molecule has 0 aliphatic rings. The van der Waals surface area contributed by atoms with Crippen LogP contribution in [0.15, 0.2) is 34.5 Å². The third-order valence-corrected chi connectivity index (χ3v) is 5.27. The molecular formula is C12H10ClNO4S2. The highest BCUT2D eigenvalue weighted by atomic mass is 35.5. The van der Waals surface area contributed by atoms with Crippen LogP contribution in [-0.4, -0.2) is 19.5 Å². The monoisotopic (exact) mass is 331 g/mol. The van der Waals surface area contributed by atoms with Crippen molar-refractivity contribution in [3.8, 4) is 0 Å². The summed E-state index contributed by atoms with van der Waals surface area (Å²) in [6.07, 6.45) is 0. The van der Waals surface area contributed by atoms with Crippen molar-refractivity contribution < 1.29 is 18.3 Å².